The maximum atomic E-state index is 13.3. The Morgan fingerprint density at radius 1 is 0.962 bits per heavy atom. The van der Waals surface area contributed by atoms with Gasteiger partial charge in [0, 0.05) is 11.6 Å². The standard InChI is InChI=1S/C15H6F6N4O/c16-14(17,18)7-3-9(15(19,20)21)8-1-2-12-23-10(13-24-22-6-26-13)5-25(12)11(8)4-7/h1-6H. The molecule has 0 saturated carbocycles. The summed E-state index contributed by atoms with van der Waals surface area (Å²) < 4.78 is 85.2. The monoisotopic (exact) mass is 372 g/mol. The van der Waals surface area contributed by atoms with Gasteiger partial charge in [0.15, 0.2) is 0 Å². The first-order valence-corrected chi connectivity index (χ1v) is 7.01. The predicted molar refractivity (Wildman–Crippen MR) is 76.0 cm³/mol. The van der Waals surface area contributed by atoms with Crippen molar-refractivity contribution in [2.45, 2.75) is 12.4 Å². The lowest BCUT2D eigenvalue weighted by atomic mass is 10.0. The number of hydrogen-bond acceptors (Lipinski definition) is 4. The third-order valence-electron chi connectivity index (χ3n) is 3.76. The number of rotatable bonds is 1. The zero-order valence-corrected chi connectivity index (χ0v) is 12.4. The van der Waals surface area contributed by atoms with Crippen LogP contribution in [0.4, 0.5) is 26.3 Å². The summed E-state index contributed by atoms with van der Waals surface area (Å²) in [6.45, 7) is 0. The molecule has 4 rings (SSSR count). The van der Waals surface area contributed by atoms with E-state index in [0.717, 1.165) is 16.9 Å². The van der Waals surface area contributed by atoms with Gasteiger partial charge in [0.1, 0.15) is 11.3 Å². The van der Waals surface area contributed by atoms with Crippen LogP contribution in [0.2, 0.25) is 0 Å². The number of hydrogen-bond donors (Lipinski definition) is 0. The lowest BCUT2D eigenvalue weighted by Crippen LogP contribution is -2.12. The van der Waals surface area contributed by atoms with Crippen molar-refractivity contribution in [3.8, 4) is 11.6 Å². The van der Waals surface area contributed by atoms with Gasteiger partial charge in [-0.25, -0.2) is 4.98 Å². The van der Waals surface area contributed by atoms with E-state index in [4.69, 9.17) is 4.42 Å². The molecule has 0 atom stereocenters. The van der Waals surface area contributed by atoms with Gasteiger partial charge in [-0.2, -0.15) is 26.3 Å². The lowest BCUT2D eigenvalue weighted by molar-refractivity contribution is -0.142. The first-order chi connectivity index (χ1) is 12.1. The van der Waals surface area contributed by atoms with Gasteiger partial charge >= 0.3 is 12.4 Å². The van der Waals surface area contributed by atoms with Crippen molar-refractivity contribution in [1.82, 2.24) is 19.6 Å². The van der Waals surface area contributed by atoms with Crippen LogP contribution in [0.25, 0.3) is 28.1 Å². The molecule has 5 nitrogen and oxygen atoms in total. The van der Waals surface area contributed by atoms with Gasteiger partial charge < -0.3 is 4.42 Å². The summed E-state index contributed by atoms with van der Waals surface area (Å²) in [5, 5.41) is 6.70. The lowest BCUT2D eigenvalue weighted by Gasteiger charge is -2.15. The Kier molecular flexibility index (Phi) is 3.27. The van der Waals surface area contributed by atoms with Crippen molar-refractivity contribution in [1.29, 1.82) is 0 Å². The average molecular weight is 372 g/mol. The van der Waals surface area contributed by atoms with Crippen LogP contribution < -0.4 is 0 Å². The van der Waals surface area contributed by atoms with Crippen LogP contribution in [0, 0.1) is 0 Å². The van der Waals surface area contributed by atoms with Crippen LogP contribution in [-0.2, 0) is 12.4 Å². The van der Waals surface area contributed by atoms with E-state index in [-0.39, 0.29) is 34.2 Å². The summed E-state index contributed by atoms with van der Waals surface area (Å²) in [5.74, 6) is -0.00938. The first-order valence-electron chi connectivity index (χ1n) is 7.01. The van der Waals surface area contributed by atoms with Gasteiger partial charge in [-0.3, -0.25) is 4.40 Å². The SMILES string of the molecule is FC(F)(F)c1cc(C(F)(F)F)c2ccc3nc(-c4nnco4)cn3c2c1. The molecule has 3 heterocycles. The number of alkyl halides is 6. The fourth-order valence-corrected chi connectivity index (χ4v) is 2.66. The molecule has 0 unspecified atom stereocenters. The minimum absolute atomic E-state index is 0.00938. The molecule has 134 valence electrons. The van der Waals surface area contributed by atoms with Crippen LogP contribution >= 0.6 is 0 Å². The first kappa shape index (κ1) is 16.4. The summed E-state index contributed by atoms with van der Waals surface area (Å²) >= 11 is 0. The van der Waals surface area contributed by atoms with Gasteiger partial charge in [-0.1, -0.05) is 0 Å². The number of halogens is 6. The highest BCUT2D eigenvalue weighted by molar-refractivity contribution is 5.87. The Morgan fingerprint density at radius 3 is 2.35 bits per heavy atom. The van der Waals surface area contributed by atoms with Gasteiger partial charge in [-0.15, -0.1) is 10.2 Å². The minimum Gasteiger partial charge on any atom is -0.422 e. The third-order valence-corrected chi connectivity index (χ3v) is 3.76. The van der Waals surface area contributed by atoms with Crippen molar-refractivity contribution >= 4 is 16.6 Å². The van der Waals surface area contributed by atoms with Crippen molar-refractivity contribution < 1.29 is 30.8 Å². The highest BCUT2D eigenvalue weighted by Gasteiger charge is 2.38. The van der Waals surface area contributed by atoms with Gasteiger partial charge in [0.2, 0.25) is 6.39 Å². The fourth-order valence-electron chi connectivity index (χ4n) is 2.66. The molecule has 0 amide bonds. The molecule has 0 spiro atoms. The molecule has 0 aliphatic heterocycles. The van der Waals surface area contributed by atoms with Crippen LogP contribution in [0.1, 0.15) is 11.1 Å². The summed E-state index contributed by atoms with van der Waals surface area (Å²) in [4.78, 5) is 4.09. The zero-order chi connectivity index (χ0) is 18.7. The molecule has 0 saturated heterocycles. The Balaban J connectivity index is 2.09. The molecule has 26 heavy (non-hydrogen) atoms. The summed E-state index contributed by atoms with van der Waals surface area (Å²) in [7, 11) is 0. The molecular formula is C15H6F6N4O. The van der Waals surface area contributed by atoms with Gasteiger partial charge in [0.05, 0.1) is 16.6 Å². The van der Waals surface area contributed by atoms with Crippen LogP contribution in [0.3, 0.4) is 0 Å². The molecule has 3 aromatic heterocycles. The molecule has 1 aromatic carbocycles. The fraction of sp³-hybridized carbons (Fsp3) is 0.133. The molecule has 0 bridgehead atoms. The largest absolute Gasteiger partial charge is 0.422 e. The predicted octanol–water partition coefficient (Wildman–Crippen LogP) is 4.58. The van der Waals surface area contributed by atoms with E-state index in [2.05, 4.69) is 15.2 Å². The van der Waals surface area contributed by atoms with E-state index in [1.165, 1.54) is 12.3 Å². The Morgan fingerprint density at radius 2 is 1.73 bits per heavy atom. The maximum Gasteiger partial charge on any atom is 0.417 e. The van der Waals surface area contributed by atoms with Crippen LogP contribution in [0.15, 0.2) is 41.3 Å². The topological polar surface area (TPSA) is 56.2 Å². The zero-order valence-electron chi connectivity index (χ0n) is 12.4. The van der Waals surface area contributed by atoms with E-state index < -0.39 is 23.5 Å². The van der Waals surface area contributed by atoms with E-state index in [0.29, 0.717) is 6.07 Å². The number of aromatic nitrogens is 4. The second-order valence-electron chi connectivity index (χ2n) is 5.38. The minimum atomic E-state index is -4.96. The highest BCUT2D eigenvalue weighted by atomic mass is 19.4. The molecule has 0 aliphatic rings. The Bertz CT molecular complexity index is 1110. The second kappa shape index (κ2) is 5.19. The van der Waals surface area contributed by atoms with Crippen molar-refractivity contribution in [2.24, 2.45) is 0 Å². The van der Waals surface area contributed by atoms with Crippen LogP contribution in [0.5, 0.6) is 0 Å². The van der Waals surface area contributed by atoms with Crippen molar-refractivity contribution in [3.05, 3.63) is 48.0 Å². The third kappa shape index (κ3) is 2.55. The molecule has 11 heteroatoms. The maximum absolute atomic E-state index is 13.3. The molecule has 0 aliphatic carbocycles. The summed E-state index contributed by atoms with van der Waals surface area (Å²) in [6, 6.07) is 3.10. The van der Waals surface area contributed by atoms with Crippen LogP contribution in [-0.4, -0.2) is 19.6 Å². The molecule has 0 fully saturated rings. The van der Waals surface area contributed by atoms with E-state index in [1.807, 2.05) is 0 Å². The number of fused-ring (bicyclic) bond motifs is 3. The van der Waals surface area contributed by atoms with Crippen molar-refractivity contribution in [3.63, 3.8) is 0 Å². The average Bonchev–Trinajstić information content (AvgIpc) is 3.20. The summed E-state index contributed by atoms with van der Waals surface area (Å²) in [5.41, 5.74) is -2.81. The highest BCUT2D eigenvalue weighted by Crippen LogP contribution is 2.40. The van der Waals surface area contributed by atoms with E-state index >= 15 is 0 Å². The normalized spacial score (nSPS) is 13.0. The molecule has 0 N–H and O–H groups in total. The number of nitrogens with zero attached hydrogens (tertiary/aromatic N) is 4. The smallest absolute Gasteiger partial charge is 0.417 e. The van der Waals surface area contributed by atoms with E-state index in [1.54, 1.807) is 0 Å². The summed E-state index contributed by atoms with van der Waals surface area (Å²) in [6.07, 6.45) is -7.62. The van der Waals surface area contributed by atoms with Crippen molar-refractivity contribution in [2.75, 3.05) is 0 Å². The Labute approximate surface area is 139 Å². The molecule has 4 aromatic rings. The quantitative estimate of drug-likeness (QED) is 0.459. The number of imidazole rings is 1. The number of benzene rings is 1. The Hall–Kier alpha value is -3.11. The van der Waals surface area contributed by atoms with Gasteiger partial charge in [0.25, 0.3) is 5.89 Å². The molecular weight excluding hydrogens is 366 g/mol. The molecule has 0 radical (unpaired) electrons. The van der Waals surface area contributed by atoms with Gasteiger partial charge in [-0.05, 0) is 24.3 Å². The second-order valence-corrected chi connectivity index (χ2v) is 5.38. The number of pyridine rings is 1. The van der Waals surface area contributed by atoms with E-state index in [9.17, 15) is 26.3 Å².